The Morgan fingerprint density at radius 1 is 0.963 bits per heavy atom. The van der Waals surface area contributed by atoms with E-state index >= 15 is 0 Å². The predicted molar refractivity (Wildman–Crippen MR) is 110 cm³/mol. The number of anilines is 1. The first kappa shape index (κ1) is 17.1. The number of methoxy groups -OCH3 is 1. The number of carbonyl (C=O) groups is 1. The highest BCUT2D eigenvalue weighted by Crippen LogP contribution is 2.36. The fraction of sp³-hybridized carbons (Fsp3) is 0.0455. The van der Waals surface area contributed by atoms with Crippen LogP contribution in [0, 0.1) is 0 Å². The average molecular weight is 374 g/mol. The fourth-order valence-corrected chi connectivity index (χ4v) is 3.97. The largest absolute Gasteiger partial charge is 0.495 e. The highest BCUT2D eigenvalue weighted by Gasteiger charge is 2.21. The molecule has 0 saturated carbocycles. The van der Waals surface area contributed by atoms with E-state index in [1.165, 1.54) is 11.3 Å². The first-order valence-corrected chi connectivity index (χ1v) is 9.40. The van der Waals surface area contributed by atoms with E-state index in [1.54, 1.807) is 7.11 Å². The van der Waals surface area contributed by atoms with Crippen molar-refractivity contribution in [2.75, 3.05) is 12.4 Å². The molecule has 0 fully saturated rings. The number of rotatable bonds is 5. The van der Waals surface area contributed by atoms with Gasteiger partial charge in [0.05, 0.1) is 18.5 Å². The van der Waals surface area contributed by atoms with Gasteiger partial charge in [-0.3, -0.25) is 4.79 Å². The van der Waals surface area contributed by atoms with Gasteiger partial charge in [0.25, 0.3) is 5.91 Å². The number of aromatic nitrogens is 1. The standard InChI is InChI=1S/C22H18N2O2S/c1-26-19-12-6-5-11-18(19)23-22(25)21-20(24-13-7-8-14-24)17(15-27-21)16-9-3-2-4-10-16/h2-15H,1H3,(H,23,25). The molecule has 0 atom stereocenters. The van der Waals surface area contributed by atoms with E-state index in [2.05, 4.69) is 17.4 Å². The van der Waals surface area contributed by atoms with Crippen molar-refractivity contribution in [2.45, 2.75) is 0 Å². The molecule has 0 aliphatic rings. The normalized spacial score (nSPS) is 10.6. The minimum absolute atomic E-state index is 0.157. The summed E-state index contributed by atoms with van der Waals surface area (Å²) in [4.78, 5) is 13.7. The average Bonchev–Trinajstić information content (AvgIpc) is 3.38. The lowest BCUT2D eigenvalue weighted by Gasteiger charge is -2.12. The number of benzene rings is 2. The van der Waals surface area contributed by atoms with Crippen molar-refractivity contribution in [2.24, 2.45) is 0 Å². The zero-order chi connectivity index (χ0) is 18.6. The van der Waals surface area contributed by atoms with E-state index in [9.17, 15) is 4.79 Å². The summed E-state index contributed by atoms with van der Waals surface area (Å²) >= 11 is 1.44. The number of hydrogen-bond acceptors (Lipinski definition) is 3. The number of amides is 1. The molecule has 0 unspecified atom stereocenters. The SMILES string of the molecule is COc1ccccc1NC(=O)c1scc(-c2ccccc2)c1-n1cccc1. The van der Waals surface area contributed by atoms with Gasteiger partial charge in [-0.05, 0) is 29.8 Å². The van der Waals surface area contributed by atoms with Crippen LogP contribution >= 0.6 is 11.3 Å². The first-order valence-electron chi connectivity index (χ1n) is 8.52. The van der Waals surface area contributed by atoms with Gasteiger partial charge in [0.1, 0.15) is 10.6 Å². The van der Waals surface area contributed by atoms with E-state index in [4.69, 9.17) is 4.74 Å². The Balaban J connectivity index is 1.77. The topological polar surface area (TPSA) is 43.3 Å². The smallest absolute Gasteiger partial charge is 0.268 e. The molecule has 4 nitrogen and oxygen atoms in total. The number of hydrogen-bond donors (Lipinski definition) is 1. The van der Waals surface area contributed by atoms with Crippen LogP contribution < -0.4 is 10.1 Å². The third kappa shape index (κ3) is 3.37. The Kier molecular flexibility index (Phi) is 4.77. The van der Waals surface area contributed by atoms with E-state index in [0.717, 1.165) is 16.8 Å². The summed E-state index contributed by atoms with van der Waals surface area (Å²) in [7, 11) is 1.59. The molecular weight excluding hydrogens is 356 g/mol. The summed E-state index contributed by atoms with van der Waals surface area (Å²) in [5.74, 6) is 0.476. The molecule has 1 amide bonds. The van der Waals surface area contributed by atoms with Gasteiger partial charge >= 0.3 is 0 Å². The Morgan fingerprint density at radius 3 is 2.41 bits per heavy atom. The Hall–Kier alpha value is -3.31. The zero-order valence-electron chi connectivity index (χ0n) is 14.8. The number of nitrogens with one attached hydrogen (secondary N) is 1. The van der Waals surface area contributed by atoms with E-state index in [-0.39, 0.29) is 5.91 Å². The molecule has 5 heteroatoms. The second kappa shape index (κ2) is 7.51. The lowest BCUT2D eigenvalue weighted by molar-refractivity contribution is 0.103. The van der Waals surface area contributed by atoms with Crippen LogP contribution in [0.3, 0.4) is 0 Å². The Morgan fingerprint density at radius 2 is 1.67 bits per heavy atom. The van der Waals surface area contributed by atoms with Gasteiger partial charge in [0, 0.05) is 23.3 Å². The fourth-order valence-electron chi connectivity index (χ4n) is 3.00. The molecule has 0 saturated heterocycles. The summed E-state index contributed by atoms with van der Waals surface area (Å²) in [6, 6.07) is 21.4. The third-order valence-corrected chi connectivity index (χ3v) is 5.24. The van der Waals surface area contributed by atoms with Crippen molar-refractivity contribution in [3.05, 3.63) is 89.4 Å². The number of carbonyl (C=O) groups excluding carboxylic acids is 1. The zero-order valence-corrected chi connectivity index (χ0v) is 15.6. The van der Waals surface area contributed by atoms with Crippen LogP contribution in [0.2, 0.25) is 0 Å². The molecule has 0 radical (unpaired) electrons. The molecule has 1 N–H and O–H groups in total. The molecule has 2 aromatic carbocycles. The van der Waals surface area contributed by atoms with E-state index in [1.807, 2.05) is 76.9 Å². The highest BCUT2D eigenvalue weighted by atomic mass is 32.1. The summed E-state index contributed by atoms with van der Waals surface area (Å²) in [6.07, 6.45) is 3.91. The van der Waals surface area contributed by atoms with Crippen LogP contribution in [0.5, 0.6) is 5.75 Å². The molecule has 0 spiro atoms. The molecule has 2 aromatic heterocycles. The molecular formula is C22H18N2O2S. The number of ether oxygens (including phenoxy) is 1. The Bertz CT molecular complexity index is 1050. The number of nitrogens with zero attached hydrogens (tertiary/aromatic N) is 1. The van der Waals surface area contributed by atoms with Crippen molar-refractivity contribution < 1.29 is 9.53 Å². The molecule has 2 heterocycles. The van der Waals surface area contributed by atoms with Crippen LogP contribution in [0.4, 0.5) is 5.69 Å². The summed E-state index contributed by atoms with van der Waals surface area (Å²) < 4.78 is 7.32. The predicted octanol–water partition coefficient (Wildman–Crippen LogP) is 5.47. The van der Waals surface area contributed by atoms with E-state index < -0.39 is 0 Å². The molecule has 0 aliphatic carbocycles. The molecule has 4 rings (SSSR count). The molecule has 4 aromatic rings. The van der Waals surface area contributed by atoms with Crippen molar-refractivity contribution >= 4 is 22.9 Å². The van der Waals surface area contributed by atoms with Gasteiger partial charge < -0.3 is 14.6 Å². The lowest BCUT2D eigenvalue weighted by Crippen LogP contribution is -2.13. The maximum absolute atomic E-state index is 13.1. The third-order valence-electron chi connectivity index (χ3n) is 4.27. The van der Waals surface area contributed by atoms with Crippen LogP contribution in [-0.4, -0.2) is 17.6 Å². The van der Waals surface area contributed by atoms with Crippen LogP contribution in [0.25, 0.3) is 16.8 Å². The molecule has 0 bridgehead atoms. The van der Waals surface area contributed by atoms with Crippen molar-refractivity contribution in [3.8, 4) is 22.6 Å². The van der Waals surface area contributed by atoms with Gasteiger partial charge in [0.15, 0.2) is 0 Å². The monoisotopic (exact) mass is 374 g/mol. The summed E-state index contributed by atoms with van der Waals surface area (Å²) in [5, 5.41) is 5.01. The summed E-state index contributed by atoms with van der Waals surface area (Å²) in [6.45, 7) is 0. The van der Waals surface area contributed by atoms with E-state index in [0.29, 0.717) is 16.3 Å². The molecule has 27 heavy (non-hydrogen) atoms. The quantitative estimate of drug-likeness (QED) is 0.504. The highest BCUT2D eigenvalue weighted by molar-refractivity contribution is 7.13. The van der Waals surface area contributed by atoms with Crippen LogP contribution in [0.15, 0.2) is 84.5 Å². The second-order valence-corrected chi connectivity index (χ2v) is 6.82. The van der Waals surface area contributed by atoms with Crippen LogP contribution in [-0.2, 0) is 0 Å². The van der Waals surface area contributed by atoms with Gasteiger partial charge in [0.2, 0.25) is 0 Å². The Labute approximate surface area is 161 Å². The maximum atomic E-state index is 13.1. The second-order valence-electron chi connectivity index (χ2n) is 5.94. The van der Waals surface area contributed by atoms with Crippen LogP contribution in [0.1, 0.15) is 9.67 Å². The van der Waals surface area contributed by atoms with Crippen molar-refractivity contribution in [1.29, 1.82) is 0 Å². The molecule has 0 aliphatic heterocycles. The minimum Gasteiger partial charge on any atom is -0.495 e. The number of para-hydroxylation sites is 2. The van der Waals surface area contributed by atoms with Gasteiger partial charge in [-0.1, -0.05) is 42.5 Å². The number of thiophene rings is 1. The molecule has 134 valence electrons. The van der Waals surface area contributed by atoms with Gasteiger partial charge in [-0.2, -0.15) is 0 Å². The van der Waals surface area contributed by atoms with Gasteiger partial charge in [-0.25, -0.2) is 0 Å². The summed E-state index contributed by atoms with van der Waals surface area (Å²) in [5.41, 5.74) is 3.64. The van der Waals surface area contributed by atoms with Crippen molar-refractivity contribution in [3.63, 3.8) is 0 Å². The van der Waals surface area contributed by atoms with Crippen molar-refractivity contribution in [1.82, 2.24) is 4.57 Å². The lowest BCUT2D eigenvalue weighted by atomic mass is 10.1. The minimum atomic E-state index is -0.157. The maximum Gasteiger partial charge on any atom is 0.268 e. The van der Waals surface area contributed by atoms with Gasteiger partial charge in [-0.15, -0.1) is 11.3 Å². The first-order chi connectivity index (χ1) is 13.3.